The Bertz CT molecular complexity index is 953. The molecule has 3 aromatic rings. The van der Waals surface area contributed by atoms with Crippen molar-refractivity contribution in [3.05, 3.63) is 83.9 Å². The summed E-state index contributed by atoms with van der Waals surface area (Å²) in [6.07, 6.45) is 13.5. The average molecular weight is 485 g/mol. The lowest BCUT2D eigenvalue weighted by Crippen LogP contribution is -1.97. The third-order valence-corrected chi connectivity index (χ3v) is 5.87. The second-order valence-corrected chi connectivity index (χ2v) is 8.99. The first-order valence-corrected chi connectivity index (χ1v) is 13.4. The summed E-state index contributed by atoms with van der Waals surface area (Å²) in [5.74, 6) is 1.82. The highest BCUT2D eigenvalue weighted by molar-refractivity contribution is 5.83. The normalized spacial score (nSPS) is 11.4. The molecule has 0 aliphatic heterocycles. The first-order valence-electron chi connectivity index (χ1n) is 13.4. The van der Waals surface area contributed by atoms with Gasteiger partial charge in [-0.25, -0.2) is 0 Å². The molecule has 4 nitrogen and oxygen atoms in total. The number of ether oxygens (including phenoxy) is 2. The maximum atomic E-state index is 5.81. The highest BCUT2D eigenvalue weighted by Gasteiger charge is 1.97. The van der Waals surface area contributed by atoms with E-state index in [0.29, 0.717) is 0 Å². The van der Waals surface area contributed by atoms with Crippen LogP contribution in [0.15, 0.2) is 82.8 Å². The molecule has 190 valence electrons. The second kappa shape index (κ2) is 16.3. The zero-order valence-electron chi connectivity index (χ0n) is 21.9. The molecule has 0 atom stereocenters. The van der Waals surface area contributed by atoms with Crippen molar-refractivity contribution in [1.29, 1.82) is 0 Å². The summed E-state index contributed by atoms with van der Waals surface area (Å²) >= 11 is 0. The Kier molecular flexibility index (Phi) is 12.3. The van der Waals surface area contributed by atoms with Crippen molar-refractivity contribution in [1.82, 2.24) is 0 Å². The Morgan fingerprint density at radius 3 is 1.25 bits per heavy atom. The van der Waals surface area contributed by atoms with Crippen molar-refractivity contribution in [2.75, 3.05) is 13.2 Å². The number of benzene rings is 3. The minimum Gasteiger partial charge on any atom is -0.494 e. The highest BCUT2D eigenvalue weighted by Crippen LogP contribution is 2.20. The van der Waals surface area contributed by atoms with Gasteiger partial charge in [-0.2, -0.15) is 0 Å². The molecule has 4 heteroatoms. The van der Waals surface area contributed by atoms with Crippen molar-refractivity contribution in [3.8, 4) is 11.5 Å². The number of hydrogen-bond donors (Lipinski definition) is 0. The van der Waals surface area contributed by atoms with E-state index in [-0.39, 0.29) is 0 Å². The molecule has 36 heavy (non-hydrogen) atoms. The number of rotatable bonds is 16. The van der Waals surface area contributed by atoms with Crippen molar-refractivity contribution < 1.29 is 9.47 Å². The predicted octanol–water partition coefficient (Wildman–Crippen LogP) is 9.11. The summed E-state index contributed by atoms with van der Waals surface area (Å²) in [7, 11) is 0. The van der Waals surface area contributed by atoms with Crippen LogP contribution >= 0.6 is 0 Å². The zero-order chi connectivity index (χ0) is 25.3. The summed E-state index contributed by atoms with van der Waals surface area (Å²) in [4.78, 5) is 9.16. The molecule has 0 aliphatic carbocycles. The van der Waals surface area contributed by atoms with Crippen LogP contribution < -0.4 is 9.47 Å². The Balaban J connectivity index is 1.43. The molecular weight excluding hydrogens is 444 g/mol. The molecule has 0 aliphatic rings. The van der Waals surface area contributed by atoms with Gasteiger partial charge >= 0.3 is 0 Å². The van der Waals surface area contributed by atoms with E-state index in [1.807, 2.05) is 85.2 Å². The van der Waals surface area contributed by atoms with Gasteiger partial charge in [-0.05, 0) is 96.8 Å². The molecule has 0 N–H and O–H groups in total. The molecule has 0 unspecified atom stereocenters. The lowest BCUT2D eigenvalue weighted by atomic mass is 10.2. The van der Waals surface area contributed by atoms with Crippen LogP contribution in [0.2, 0.25) is 0 Å². The molecule has 0 fully saturated rings. The van der Waals surface area contributed by atoms with Gasteiger partial charge < -0.3 is 9.47 Å². The summed E-state index contributed by atoms with van der Waals surface area (Å²) in [6.45, 7) is 6.00. The van der Waals surface area contributed by atoms with E-state index in [4.69, 9.17) is 9.47 Å². The fourth-order valence-corrected chi connectivity index (χ4v) is 3.66. The quantitative estimate of drug-likeness (QED) is 0.150. The van der Waals surface area contributed by atoms with Gasteiger partial charge in [0.2, 0.25) is 0 Å². The summed E-state index contributed by atoms with van der Waals surface area (Å²) in [5.41, 5.74) is 3.88. The van der Waals surface area contributed by atoms with Gasteiger partial charge in [0.15, 0.2) is 0 Å². The van der Waals surface area contributed by atoms with Gasteiger partial charge in [-0.3, -0.25) is 9.98 Å². The van der Waals surface area contributed by atoms with E-state index in [9.17, 15) is 0 Å². The molecule has 0 bridgehead atoms. The van der Waals surface area contributed by atoms with Crippen LogP contribution in [-0.2, 0) is 0 Å². The van der Waals surface area contributed by atoms with Crippen LogP contribution in [0, 0.1) is 0 Å². The minimum atomic E-state index is 0.779. The van der Waals surface area contributed by atoms with Crippen molar-refractivity contribution in [2.45, 2.75) is 65.2 Å². The molecule has 3 rings (SSSR count). The van der Waals surface area contributed by atoms with E-state index in [0.717, 1.165) is 60.1 Å². The SMILES string of the molecule is CCCCCCOc1ccc(C=Nc2ccc(N=Cc3ccc(OCCCCCC)cc3)cc2)cc1. The van der Waals surface area contributed by atoms with Crippen LogP contribution in [0.5, 0.6) is 11.5 Å². The molecule has 0 amide bonds. The molecule has 0 saturated carbocycles. The molecule has 0 spiro atoms. The first kappa shape index (κ1) is 27.2. The molecule has 0 saturated heterocycles. The standard InChI is InChI=1S/C32H40N2O2/c1-3-5-7-9-23-35-31-19-11-27(12-20-31)25-33-29-15-17-30(18-16-29)34-26-28-13-21-32(22-14-28)36-24-10-8-6-4-2/h11-22,25-26H,3-10,23-24H2,1-2H3. The van der Waals surface area contributed by atoms with Crippen LogP contribution in [0.4, 0.5) is 11.4 Å². The lowest BCUT2D eigenvalue weighted by Gasteiger charge is -2.06. The maximum absolute atomic E-state index is 5.81. The zero-order valence-corrected chi connectivity index (χ0v) is 21.9. The molecule has 0 heterocycles. The number of unbranched alkanes of at least 4 members (excludes halogenated alkanes) is 6. The monoisotopic (exact) mass is 484 g/mol. The van der Waals surface area contributed by atoms with Crippen molar-refractivity contribution in [2.24, 2.45) is 9.98 Å². The van der Waals surface area contributed by atoms with E-state index < -0.39 is 0 Å². The van der Waals surface area contributed by atoms with Crippen molar-refractivity contribution in [3.63, 3.8) is 0 Å². The van der Waals surface area contributed by atoms with Gasteiger partial charge in [0.05, 0.1) is 24.6 Å². The van der Waals surface area contributed by atoms with Gasteiger partial charge in [0.25, 0.3) is 0 Å². The molecule has 0 radical (unpaired) electrons. The number of aliphatic imine (C=N–C) groups is 2. The molecular formula is C32H40N2O2. The Labute approximate surface area is 217 Å². The fourth-order valence-electron chi connectivity index (χ4n) is 3.66. The topological polar surface area (TPSA) is 43.2 Å². The van der Waals surface area contributed by atoms with Gasteiger partial charge in [0, 0.05) is 12.4 Å². The number of nitrogens with zero attached hydrogens (tertiary/aromatic N) is 2. The van der Waals surface area contributed by atoms with Gasteiger partial charge in [0.1, 0.15) is 11.5 Å². The van der Waals surface area contributed by atoms with Gasteiger partial charge in [-0.1, -0.05) is 52.4 Å². The van der Waals surface area contributed by atoms with E-state index in [1.54, 1.807) is 0 Å². The Hall–Kier alpha value is -3.40. The third-order valence-electron chi connectivity index (χ3n) is 5.87. The fraction of sp³-hybridized carbons (Fsp3) is 0.375. The Morgan fingerprint density at radius 2 is 0.889 bits per heavy atom. The van der Waals surface area contributed by atoms with Crippen molar-refractivity contribution >= 4 is 23.8 Å². The first-order chi connectivity index (χ1) is 17.8. The smallest absolute Gasteiger partial charge is 0.119 e. The Morgan fingerprint density at radius 1 is 0.500 bits per heavy atom. The average Bonchev–Trinajstić information content (AvgIpc) is 2.92. The highest BCUT2D eigenvalue weighted by atomic mass is 16.5. The van der Waals surface area contributed by atoms with Crippen LogP contribution in [0.25, 0.3) is 0 Å². The van der Waals surface area contributed by atoms with E-state index >= 15 is 0 Å². The second-order valence-electron chi connectivity index (χ2n) is 8.99. The minimum absolute atomic E-state index is 0.779. The maximum Gasteiger partial charge on any atom is 0.119 e. The predicted molar refractivity (Wildman–Crippen MR) is 153 cm³/mol. The van der Waals surface area contributed by atoms with Crippen LogP contribution in [0.1, 0.15) is 76.3 Å². The van der Waals surface area contributed by atoms with Crippen LogP contribution in [0.3, 0.4) is 0 Å². The lowest BCUT2D eigenvalue weighted by molar-refractivity contribution is 0.305. The molecule has 3 aromatic carbocycles. The van der Waals surface area contributed by atoms with E-state index in [2.05, 4.69) is 23.8 Å². The largest absolute Gasteiger partial charge is 0.494 e. The third kappa shape index (κ3) is 10.5. The van der Waals surface area contributed by atoms with Crippen LogP contribution in [-0.4, -0.2) is 25.6 Å². The summed E-state index contributed by atoms with van der Waals surface area (Å²) < 4.78 is 11.6. The summed E-state index contributed by atoms with van der Waals surface area (Å²) in [5, 5.41) is 0. The van der Waals surface area contributed by atoms with E-state index in [1.165, 1.54) is 38.5 Å². The summed E-state index contributed by atoms with van der Waals surface area (Å²) in [6, 6.07) is 24.1. The molecule has 0 aromatic heterocycles. The van der Waals surface area contributed by atoms with Gasteiger partial charge in [-0.15, -0.1) is 0 Å². The number of hydrogen-bond acceptors (Lipinski definition) is 4.